The fraction of sp³-hybridized carbons (Fsp3) is 0.286. The van der Waals surface area contributed by atoms with Crippen molar-refractivity contribution in [3.63, 3.8) is 0 Å². The summed E-state index contributed by atoms with van der Waals surface area (Å²) in [6, 6.07) is 7.67. The van der Waals surface area contributed by atoms with Crippen LogP contribution >= 0.6 is 0 Å². The number of amides is 1. The van der Waals surface area contributed by atoms with E-state index in [1.54, 1.807) is 32.0 Å². The molecule has 0 saturated carbocycles. The van der Waals surface area contributed by atoms with Crippen LogP contribution in [0.15, 0.2) is 39.8 Å². The van der Waals surface area contributed by atoms with Crippen LogP contribution in [0.1, 0.15) is 34.8 Å². The molecule has 1 atom stereocenters. The highest BCUT2D eigenvalue weighted by molar-refractivity contribution is 7.90. The number of aromatic nitrogens is 1. The van der Waals surface area contributed by atoms with E-state index in [4.69, 9.17) is 4.52 Å². The van der Waals surface area contributed by atoms with E-state index in [1.165, 1.54) is 12.1 Å². The fourth-order valence-electron chi connectivity index (χ4n) is 1.83. The standard InChI is InChI=1S/C14H16N2O4S/c1-9-8-13(16-20-9)14(17)15-10(2)11-4-6-12(7-5-11)21(3,18)19/h4-8,10H,1-3H3,(H,15,17). The zero-order valence-electron chi connectivity index (χ0n) is 12.0. The van der Waals surface area contributed by atoms with Crippen LogP contribution in [0.4, 0.5) is 0 Å². The van der Waals surface area contributed by atoms with Gasteiger partial charge in [-0.25, -0.2) is 8.42 Å². The molecular weight excluding hydrogens is 292 g/mol. The van der Waals surface area contributed by atoms with Gasteiger partial charge >= 0.3 is 0 Å². The van der Waals surface area contributed by atoms with E-state index in [-0.39, 0.29) is 22.5 Å². The van der Waals surface area contributed by atoms with E-state index in [9.17, 15) is 13.2 Å². The Labute approximate surface area is 123 Å². The van der Waals surface area contributed by atoms with Gasteiger partial charge in [0.25, 0.3) is 5.91 Å². The molecule has 0 bridgehead atoms. The maximum atomic E-state index is 11.9. The Bertz CT molecular complexity index is 748. The van der Waals surface area contributed by atoms with Crippen molar-refractivity contribution in [3.05, 3.63) is 47.3 Å². The van der Waals surface area contributed by atoms with Gasteiger partial charge in [0.1, 0.15) is 5.76 Å². The van der Waals surface area contributed by atoms with Crippen molar-refractivity contribution in [2.45, 2.75) is 24.8 Å². The summed E-state index contributed by atoms with van der Waals surface area (Å²) < 4.78 is 27.6. The Morgan fingerprint density at radius 3 is 2.38 bits per heavy atom. The van der Waals surface area contributed by atoms with Gasteiger partial charge in [0.15, 0.2) is 15.5 Å². The summed E-state index contributed by atoms with van der Waals surface area (Å²) in [4.78, 5) is 12.2. The molecule has 1 amide bonds. The summed E-state index contributed by atoms with van der Waals surface area (Å²) in [7, 11) is -3.22. The van der Waals surface area contributed by atoms with Gasteiger partial charge in [-0.05, 0) is 31.5 Å². The van der Waals surface area contributed by atoms with E-state index >= 15 is 0 Å². The van der Waals surface area contributed by atoms with Crippen molar-refractivity contribution in [1.82, 2.24) is 10.5 Å². The van der Waals surface area contributed by atoms with Gasteiger partial charge in [-0.15, -0.1) is 0 Å². The average molecular weight is 308 g/mol. The van der Waals surface area contributed by atoms with E-state index in [2.05, 4.69) is 10.5 Å². The summed E-state index contributed by atoms with van der Waals surface area (Å²) in [6.45, 7) is 3.51. The fourth-order valence-corrected chi connectivity index (χ4v) is 2.46. The monoisotopic (exact) mass is 308 g/mol. The van der Waals surface area contributed by atoms with Crippen molar-refractivity contribution in [2.24, 2.45) is 0 Å². The Kier molecular flexibility index (Phi) is 4.13. The van der Waals surface area contributed by atoms with E-state index in [0.29, 0.717) is 5.76 Å². The number of carbonyl (C=O) groups is 1. The Morgan fingerprint density at radius 1 is 1.29 bits per heavy atom. The van der Waals surface area contributed by atoms with Gasteiger partial charge < -0.3 is 9.84 Å². The lowest BCUT2D eigenvalue weighted by molar-refractivity contribution is 0.0930. The van der Waals surface area contributed by atoms with Crippen LogP contribution in [-0.2, 0) is 9.84 Å². The molecule has 6 nitrogen and oxygen atoms in total. The molecular formula is C14H16N2O4S. The number of carbonyl (C=O) groups excluding carboxylic acids is 1. The minimum absolute atomic E-state index is 0.215. The third-order valence-electron chi connectivity index (χ3n) is 3.02. The van der Waals surface area contributed by atoms with Crippen molar-refractivity contribution >= 4 is 15.7 Å². The predicted molar refractivity (Wildman–Crippen MR) is 76.7 cm³/mol. The summed E-state index contributed by atoms with van der Waals surface area (Å²) in [6.07, 6.45) is 1.15. The molecule has 1 N–H and O–H groups in total. The van der Waals surface area contributed by atoms with Crippen molar-refractivity contribution in [3.8, 4) is 0 Å². The van der Waals surface area contributed by atoms with Gasteiger partial charge in [-0.2, -0.15) is 0 Å². The quantitative estimate of drug-likeness (QED) is 0.931. The summed E-state index contributed by atoms with van der Waals surface area (Å²) in [5.74, 6) is 0.219. The van der Waals surface area contributed by atoms with Crippen LogP contribution in [0.5, 0.6) is 0 Å². The van der Waals surface area contributed by atoms with Gasteiger partial charge in [-0.1, -0.05) is 17.3 Å². The SMILES string of the molecule is Cc1cc(C(=O)NC(C)c2ccc(S(C)(=O)=O)cc2)no1. The first-order valence-electron chi connectivity index (χ1n) is 6.31. The zero-order valence-corrected chi connectivity index (χ0v) is 12.8. The molecule has 2 aromatic rings. The second-order valence-corrected chi connectivity index (χ2v) is 6.87. The van der Waals surface area contributed by atoms with Crippen LogP contribution in [0.25, 0.3) is 0 Å². The number of benzene rings is 1. The highest BCUT2D eigenvalue weighted by Crippen LogP contribution is 2.16. The molecule has 7 heteroatoms. The van der Waals surface area contributed by atoms with Crippen LogP contribution in [0, 0.1) is 6.92 Å². The summed E-state index contributed by atoms with van der Waals surface area (Å²) in [5, 5.41) is 6.42. The van der Waals surface area contributed by atoms with Crippen molar-refractivity contribution < 1.29 is 17.7 Å². The average Bonchev–Trinajstić information content (AvgIpc) is 2.84. The van der Waals surface area contributed by atoms with Crippen LogP contribution in [-0.4, -0.2) is 25.7 Å². The molecule has 1 unspecified atom stereocenters. The zero-order chi connectivity index (χ0) is 15.6. The van der Waals surface area contributed by atoms with E-state index in [1.807, 2.05) is 0 Å². The van der Waals surface area contributed by atoms with Gasteiger partial charge in [0, 0.05) is 12.3 Å². The number of sulfone groups is 1. The molecule has 1 aromatic heterocycles. The minimum atomic E-state index is -3.22. The Hall–Kier alpha value is -2.15. The first-order chi connectivity index (χ1) is 9.77. The van der Waals surface area contributed by atoms with Gasteiger partial charge in [-0.3, -0.25) is 4.79 Å². The normalized spacial score (nSPS) is 12.9. The largest absolute Gasteiger partial charge is 0.361 e. The number of hydrogen-bond donors (Lipinski definition) is 1. The van der Waals surface area contributed by atoms with Gasteiger partial charge in [0.05, 0.1) is 10.9 Å². The third-order valence-corrected chi connectivity index (χ3v) is 4.14. The number of rotatable bonds is 4. The molecule has 0 aliphatic heterocycles. The lowest BCUT2D eigenvalue weighted by atomic mass is 10.1. The lowest BCUT2D eigenvalue weighted by Gasteiger charge is -2.13. The molecule has 1 aromatic carbocycles. The molecule has 0 fully saturated rings. The van der Waals surface area contributed by atoms with Gasteiger partial charge in [0.2, 0.25) is 0 Å². The maximum absolute atomic E-state index is 11.9. The predicted octanol–water partition coefficient (Wildman–Crippen LogP) is 1.88. The highest BCUT2D eigenvalue weighted by Gasteiger charge is 2.15. The van der Waals surface area contributed by atoms with Crippen molar-refractivity contribution in [2.75, 3.05) is 6.26 Å². The maximum Gasteiger partial charge on any atom is 0.273 e. The molecule has 0 aliphatic carbocycles. The first-order valence-corrected chi connectivity index (χ1v) is 8.20. The smallest absolute Gasteiger partial charge is 0.273 e. The van der Waals surface area contributed by atoms with Crippen molar-refractivity contribution in [1.29, 1.82) is 0 Å². The topological polar surface area (TPSA) is 89.3 Å². The van der Waals surface area contributed by atoms with Crippen LogP contribution in [0.3, 0.4) is 0 Å². The molecule has 0 aliphatic rings. The molecule has 1 heterocycles. The molecule has 2 rings (SSSR count). The number of nitrogens with one attached hydrogen (secondary N) is 1. The minimum Gasteiger partial charge on any atom is -0.361 e. The molecule has 0 radical (unpaired) electrons. The Morgan fingerprint density at radius 2 is 1.90 bits per heavy atom. The Balaban J connectivity index is 2.10. The molecule has 0 spiro atoms. The van der Waals surface area contributed by atoms with E-state index < -0.39 is 9.84 Å². The van der Waals surface area contributed by atoms with E-state index in [0.717, 1.165) is 11.8 Å². The van der Waals surface area contributed by atoms with Crippen LogP contribution < -0.4 is 5.32 Å². The molecule has 0 saturated heterocycles. The summed E-state index contributed by atoms with van der Waals surface area (Å²) >= 11 is 0. The third kappa shape index (κ3) is 3.69. The number of aryl methyl sites for hydroxylation is 1. The molecule has 21 heavy (non-hydrogen) atoms. The lowest BCUT2D eigenvalue weighted by Crippen LogP contribution is -2.26. The summed E-state index contributed by atoms with van der Waals surface area (Å²) in [5.41, 5.74) is 1.02. The second kappa shape index (κ2) is 5.69. The first kappa shape index (κ1) is 15.2. The van der Waals surface area contributed by atoms with Crippen LogP contribution in [0.2, 0.25) is 0 Å². The highest BCUT2D eigenvalue weighted by atomic mass is 32.2. The number of hydrogen-bond acceptors (Lipinski definition) is 5. The number of nitrogens with zero attached hydrogens (tertiary/aromatic N) is 1. The molecule has 112 valence electrons. The second-order valence-electron chi connectivity index (χ2n) is 4.86.